The van der Waals surface area contributed by atoms with Gasteiger partial charge in [0.2, 0.25) is 0 Å². The molecule has 0 saturated heterocycles. The highest BCUT2D eigenvalue weighted by molar-refractivity contribution is 5.05. The Hall–Kier alpha value is -0.800. The van der Waals surface area contributed by atoms with Crippen LogP contribution in [0.25, 0.3) is 0 Å². The van der Waals surface area contributed by atoms with Gasteiger partial charge in [0.25, 0.3) is 0 Å². The molecule has 1 rings (SSSR count). The predicted molar refractivity (Wildman–Crippen MR) is 62.9 cm³/mol. The van der Waals surface area contributed by atoms with E-state index in [9.17, 15) is 0 Å². The summed E-state index contributed by atoms with van der Waals surface area (Å²) in [5.74, 6) is 1.99. The molecule has 86 valence electrons. The van der Waals surface area contributed by atoms with Gasteiger partial charge >= 0.3 is 0 Å². The number of hydrogen-bond acceptors (Lipinski definition) is 3. The van der Waals surface area contributed by atoms with E-state index >= 15 is 0 Å². The molecule has 1 atom stereocenters. The fraction of sp³-hybridized carbons (Fsp3) is 0.667. The van der Waals surface area contributed by atoms with Crippen LogP contribution in [0.3, 0.4) is 0 Å². The van der Waals surface area contributed by atoms with E-state index in [0.29, 0.717) is 6.04 Å². The Kier molecular flexibility index (Phi) is 4.85. The van der Waals surface area contributed by atoms with Crippen molar-refractivity contribution in [2.75, 3.05) is 20.1 Å². The van der Waals surface area contributed by atoms with Crippen molar-refractivity contribution in [1.29, 1.82) is 0 Å². The van der Waals surface area contributed by atoms with E-state index in [0.717, 1.165) is 31.2 Å². The van der Waals surface area contributed by atoms with Gasteiger partial charge in [-0.1, -0.05) is 6.92 Å². The smallest absolute Gasteiger partial charge is 0.117 e. The standard InChI is InChI=1S/C12H22N2O/c1-5-14(4)9-10(2)13-8-12-7-6-11(3)15-12/h6-7,10,13H,5,8-9H2,1-4H3. The van der Waals surface area contributed by atoms with Gasteiger partial charge in [-0.3, -0.25) is 0 Å². The summed E-state index contributed by atoms with van der Waals surface area (Å²) in [6.45, 7) is 9.30. The molecular formula is C12H22N2O. The quantitative estimate of drug-likeness (QED) is 0.778. The van der Waals surface area contributed by atoms with Gasteiger partial charge in [-0.05, 0) is 39.6 Å². The third-order valence-electron chi connectivity index (χ3n) is 2.55. The molecule has 0 aromatic carbocycles. The number of furan rings is 1. The van der Waals surface area contributed by atoms with Crippen molar-refractivity contribution in [2.24, 2.45) is 0 Å². The van der Waals surface area contributed by atoms with Crippen LogP contribution in [-0.2, 0) is 6.54 Å². The molecule has 1 unspecified atom stereocenters. The Balaban J connectivity index is 2.25. The highest BCUT2D eigenvalue weighted by Gasteiger charge is 2.05. The van der Waals surface area contributed by atoms with Gasteiger partial charge in [0.05, 0.1) is 6.54 Å². The summed E-state index contributed by atoms with van der Waals surface area (Å²) in [5.41, 5.74) is 0. The van der Waals surface area contributed by atoms with Gasteiger partial charge in [-0.25, -0.2) is 0 Å². The number of hydrogen-bond donors (Lipinski definition) is 1. The second-order valence-corrected chi connectivity index (χ2v) is 4.15. The molecule has 0 fully saturated rings. The van der Waals surface area contributed by atoms with Crippen LogP contribution in [0.1, 0.15) is 25.4 Å². The molecule has 1 aromatic rings. The maximum absolute atomic E-state index is 5.49. The van der Waals surface area contributed by atoms with Gasteiger partial charge < -0.3 is 14.6 Å². The maximum Gasteiger partial charge on any atom is 0.117 e. The summed E-state index contributed by atoms with van der Waals surface area (Å²) in [5, 5.41) is 3.44. The number of nitrogens with one attached hydrogen (secondary N) is 1. The zero-order valence-corrected chi connectivity index (χ0v) is 10.2. The van der Waals surface area contributed by atoms with Crippen LogP contribution in [-0.4, -0.2) is 31.1 Å². The molecular weight excluding hydrogens is 188 g/mol. The minimum absolute atomic E-state index is 0.486. The van der Waals surface area contributed by atoms with E-state index in [1.165, 1.54) is 0 Å². The highest BCUT2D eigenvalue weighted by atomic mass is 16.3. The van der Waals surface area contributed by atoms with Crippen molar-refractivity contribution < 1.29 is 4.42 Å². The van der Waals surface area contributed by atoms with Crippen LogP contribution in [0.5, 0.6) is 0 Å². The number of rotatable bonds is 6. The first kappa shape index (κ1) is 12.3. The molecule has 1 aromatic heterocycles. The van der Waals surface area contributed by atoms with Crippen LogP contribution in [0.4, 0.5) is 0 Å². The van der Waals surface area contributed by atoms with Crippen LogP contribution in [0, 0.1) is 6.92 Å². The van der Waals surface area contributed by atoms with E-state index in [2.05, 4.69) is 31.1 Å². The van der Waals surface area contributed by atoms with Gasteiger partial charge in [-0.15, -0.1) is 0 Å². The van der Waals surface area contributed by atoms with E-state index in [1.807, 2.05) is 19.1 Å². The zero-order chi connectivity index (χ0) is 11.3. The molecule has 0 saturated carbocycles. The van der Waals surface area contributed by atoms with Crippen molar-refractivity contribution in [2.45, 2.75) is 33.4 Å². The lowest BCUT2D eigenvalue weighted by atomic mass is 10.3. The molecule has 0 aliphatic rings. The Bertz CT molecular complexity index is 283. The van der Waals surface area contributed by atoms with Gasteiger partial charge in [0, 0.05) is 12.6 Å². The summed E-state index contributed by atoms with van der Waals surface area (Å²) >= 11 is 0. The minimum Gasteiger partial charge on any atom is -0.465 e. The lowest BCUT2D eigenvalue weighted by Crippen LogP contribution is -2.36. The Morgan fingerprint density at radius 1 is 1.47 bits per heavy atom. The monoisotopic (exact) mass is 210 g/mol. The molecule has 3 nitrogen and oxygen atoms in total. The van der Waals surface area contributed by atoms with Crippen molar-refractivity contribution in [3.05, 3.63) is 23.7 Å². The number of nitrogens with zero attached hydrogens (tertiary/aromatic N) is 1. The van der Waals surface area contributed by atoms with E-state index < -0.39 is 0 Å². The van der Waals surface area contributed by atoms with Crippen LogP contribution >= 0.6 is 0 Å². The lowest BCUT2D eigenvalue weighted by Gasteiger charge is -2.20. The molecule has 1 heterocycles. The SMILES string of the molecule is CCN(C)CC(C)NCc1ccc(C)o1. The summed E-state index contributed by atoms with van der Waals surface area (Å²) < 4.78 is 5.49. The van der Waals surface area contributed by atoms with Crippen molar-refractivity contribution in [3.8, 4) is 0 Å². The zero-order valence-electron chi connectivity index (χ0n) is 10.2. The van der Waals surface area contributed by atoms with Gasteiger partial charge in [-0.2, -0.15) is 0 Å². The van der Waals surface area contributed by atoms with Crippen LogP contribution in [0.15, 0.2) is 16.5 Å². The summed E-state index contributed by atoms with van der Waals surface area (Å²) in [4.78, 5) is 2.30. The number of aryl methyl sites for hydroxylation is 1. The minimum atomic E-state index is 0.486. The molecule has 0 bridgehead atoms. The fourth-order valence-corrected chi connectivity index (χ4v) is 1.52. The average Bonchev–Trinajstić information content (AvgIpc) is 2.61. The molecule has 1 N–H and O–H groups in total. The fourth-order valence-electron chi connectivity index (χ4n) is 1.52. The normalized spacial score (nSPS) is 13.4. The third-order valence-corrected chi connectivity index (χ3v) is 2.55. The molecule has 0 aliphatic heterocycles. The molecule has 0 aliphatic carbocycles. The Labute approximate surface area is 92.5 Å². The molecule has 0 amide bonds. The first-order valence-electron chi connectivity index (χ1n) is 5.59. The van der Waals surface area contributed by atoms with Crippen molar-refractivity contribution in [3.63, 3.8) is 0 Å². The topological polar surface area (TPSA) is 28.4 Å². The van der Waals surface area contributed by atoms with E-state index in [1.54, 1.807) is 0 Å². The molecule has 0 spiro atoms. The van der Waals surface area contributed by atoms with E-state index in [-0.39, 0.29) is 0 Å². The van der Waals surface area contributed by atoms with Crippen molar-refractivity contribution in [1.82, 2.24) is 10.2 Å². The first-order valence-corrected chi connectivity index (χ1v) is 5.59. The lowest BCUT2D eigenvalue weighted by molar-refractivity contribution is 0.304. The highest BCUT2D eigenvalue weighted by Crippen LogP contribution is 2.05. The third kappa shape index (κ3) is 4.49. The van der Waals surface area contributed by atoms with E-state index in [4.69, 9.17) is 4.42 Å². The molecule has 0 radical (unpaired) electrons. The van der Waals surface area contributed by atoms with Crippen LogP contribution in [0.2, 0.25) is 0 Å². The summed E-state index contributed by atoms with van der Waals surface area (Å²) in [6.07, 6.45) is 0. The first-order chi connectivity index (χ1) is 7.11. The van der Waals surface area contributed by atoms with Crippen molar-refractivity contribution >= 4 is 0 Å². The second kappa shape index (κ2) is 5.93. The summed E-state index contributed by atoms with van der Waals surface area (Å²) in [7, 11) is 2.13. The largest absolute Gasteiger partial charge is 0.465 e. The van der Waals surface area contributed by atoms with Gasteiger partial charge in [0.15, 0.2) is 0 Å². The number of likely N-dealkylation sites (N-methyl/N-ethyl adjacent to an activating group) is 1. The molecule has 3 heteroatoms. The maximum atomic E-state index is 5.49. The predicted octanol–water partition coefficient (Wildman–Crippen LogP) is 2.02. The average molecular weight is 210 g/mol. The summed E-state index contributed by atoms with van der Waals surface area (Å²) in [6, 6.07) is 4.51. The Morgan fingerprint density at radius 3 is 2.73 bits per heavy atom. The Morgan fingerprint density at radius 2 is 2.20 bits per heavy atom. The second-order valence-electron chi connectivity index (χ2n) is 4.15. The molecule has 15 heavy (non-hydrogen) atoms. The van der Waals surface area contributed by atoms with Crippen LogP contribution < -0.4 is 5.32 Å². The van der Waals surface area contributed by atoms with Gasteiger partial charge in [0.1, 0.15) is 11.5 Å².